The largest absolute Gasteiger partial charge is 0.338 e. The van der Waals surface area contributed by atoms with E-state index in [0.717, 1.165) is 16.8 Å². The number of hydrogen-bond acceptors (Lipinski definition) is 5. The van der Waals surface area contributed by atoms with Crippen LogP contribution in [0, 0.1) is 6.92 Å². The number of imide groups is 1. The number of urea groups is 1. The minimum Gasteiger partial charge on any atom is -0.338 e. The van der Waals surface area contributed by atoms with E-state index in [1.165, 1.54) is 11.8 Å². The molecule has 0 spiro atoms. The third-order valence-electron chi connectivity index (χ3n) is 4.01. The summed E-state index contributed by atoms with van der Waals surface area (Å²) in [5, 5.41) is 14.6. The van der Waals surface area contributed by atoms with Gasteiger partial charge in [0.15, 0.2) is 11.0 Å². The van der Waals surface area contributed by atoms with Crippen molar-refractivity contribution in [2.45, 2.75) is 19.0 Å². The predicted molar refractivity (Wildman–Crippen MR) is 114 cm³/mol. The summed E-state index contributed by atoms with van der Waals surface area (Å²) < 4.78 is 1.91. The highest BCUT2D eigenvalue weighted by atomic mass is 35.5. The summed E-state index contributed by atoms with van der Waals surface area (Å²) in [6.07, 6.45) is 0. The topological polar surface area (TPSA) is 88.9 Å². The van der Waals surface area contributed by atoms with Crippen LogP contribution in [0.2, 0.25) is 5.02 Å². The van der Waals surface area contributed by atoms with E-state index in [9.17, 15) is 9.59 Å². The summed E-state index contributed by atoms with van der Waals surface area (Å²) in [5.74, 6) is 0.262. The number of halogens is 1. The minimum atomic E-state index is -0.514. The van der Waals surface area contributed by atoms with Crippen LogP contribution in [0.15, 0.2) is 53.7 Å². The highest BCUT2D eigenvalue weighted by Crippen LogP contribution is 2.29. The maximum Gasteiger partial charge on any atom is 0.321 e. The van der Waals surface area contributed by atoms with E-state index in [2.05, 4.69) is 20.8 Å². The fraction of sp³-hybridized carbons (Fsp3) is 0.200. The summed E-state index contributed by atoms with van der Waals surface area (Å²) >= 11 is 7.22. The van der Waals surface area contributed by atoms with Gasteiger partial charge in [-0.1, -0.05) is 41.6 Å². The standard InChI is InChI=1S/C20H20ClN5O2S/c1-3-22-19(28)23-17(27)12-29-20-25-24-18(14-8-10-15(21)11-9-14)26(20)16-7-5-4-6-13(16)2/h4-11H,3,12H2,1-2H3,(H2,22,23,27,28). The van der Waals surface area contributed by atoms with Crippen LogP contribution in [0.4, 0.5) is 4.79 Å². The maximum atomic E-state index is 12.1. The van der Waals surface area contributed by atoms with Crippen molar-refractivity contribution in [3.63, 3.8) is 0 Å². The first-order valence-corrected chi connectivity index (χ1v) is 10.3. The molecule has 3 amide bonds. The first kappa shape index (κ1) is 20.9. The molecule has 0 bridgehead atoms. The maximum absolute atomic E-state index is 12.1. The summed E-state index contributed by atoms with van der Waals surface area (Å²) in [6.45, 7) is 4.22. The number of benzene rings is 2. The van der Waals surface area contributed by atoms with Gasteiger partial charge in [-0.2, -0.15) is 0 Å². The van der Waals surface area contributed by atoms with Crippen LogP contribution in [-0.2, 0) is 4.79 Å². The van der Waals surface area contributed by atoms with Gasteiger partial charge in [-0.25, -0.2) is 4.79 Å². The third-order valence-corrected chi connectivity index (χ3v) is 5.20. The van der Waals surface area contributed by atoms with Gasteiger partial charge in [0.2, 0.25) is 5.91 Å². The summed E-state index contributed by atoms with van der Waals surface area (Å²) in [6, 6.07) is 14.7. The predicted octanol–water partition coefficient (Wildman–Crippen LogP) is 3.83. The lowest BCUT2D eigenvalue weighted by Crippen LogP contribution is -2.40. The SMILES string of the molecule is CCNC(=O)NC(=O)CSc1nnc(-c2ccc(Cl)cc2)n1-c1ccccc1C. The normalized spacial score (nSPS) is 10.6. The zero-order valence-corrected chi connectivity index (χ0v) is 17.5. The van der Waals surface area contributed by atoms with Crippen LogP contribution in [0.3, 0.4) is 0 Å². The number of carbonyl (C=O) groups excluding carboxylic acids is 2. The molecule has 1 heterocycles. The van der Waals surface area contributed by atoms with Gasteiger partial charge in [0.25, 0.3) is 0 Å². The van der Waals surface area contributed by atoms with Crippen molar-refractivity contribution in [3.8, 4) is 17.1 Å². The van der Waals surface area contributed by atoms with Crippen molar-refractivity contribution in [3.05, 3.63) is 59.1 Å². The molecule has 0 saturated heterocycles. The second kappa shape index (κ2) is 9.58. The number of aromatic nitrogens is 3. The molecule has 2 aromatic carbocycles. The van der Waals surface area contributed by atoms with Crippen LogP contribution in [0.5, 0.6) is 0 Å². The molecule has 0 unspecified atom stereocenters. The Balaban J connectivity index is 1.91. The number of nitrogens with zero attached hydrogens (tertiary/aromatic N) is 3. The van der Waals surface area contributed by atoms with Crippen molar-refractivity contribution in [2.24, 2.45) is 0 Å². The number of aryl methyl sites for hydroxylation is 1. The smallest absolute Gasteiger partial charge is 0.321 e. The lowest BCUT2D eigenvalue weighted by atomic mass is 10.1. The van der Waals surface area contributed by atoms with E-state index >= 15 is 0 Å². The average molecular weight is 430 g/mol. The molecule has 0 aliphatic heterocycles. The van der Waals surface area contributed by atoms with Gasteiger partial charge < -0.3 is 5.32 Å². The fourth-order valence-corrected chi connectivity index (χ4v) is 3.55. The Hall–Kier alpha value is -2.84. The molecule has 150 valence electrons. The lowest BCUT2D eigenvalue weighted by Gasteiger charge is -2.13. The van der Waals surface area contributed by atoms with E-state index < -0.39 is 11.9 Å². The highest BCUT2D eigenvalue weighted by Gasteiger charge is 2.19. The molecule has 0 radical (unpaired) electrons. The van der Waals surface area contributed by atoms with Crippen molar-refractivity contribution in [1.82, 2.24) is 25.4 Å². The quantitative estimate of drug-likeness (QED) is 0.581. The number of thioether (sulfide) groups is 1. The van der Waals surface area contributed by atoms with Gasteiger partial charge in [0, 0.05) is 17.1 Å². The van der Waals surface area contributed by atoms with Crippen molar-refractivity contribution >= 4 is 35.3 Å². The van der Waals surface area contributed by atoms with Crippen molar-refractivity contribution < 1.29 is 9.59 Å². The zero-order valence-electron chi connectivity index (χ0n) is 16.0. The summed E-state index contributed by atoms with van der Waals surface area (Å²) in [7, 11) is 0. The number of para-hydroxylation sites is 1. The molecule has 3 aromatic rings. The lowest BCUT2D eigenvalue weighted by molar-refractivity contribution is -0.117. The van der Waals surface area contributed by atoms with Gasteiger partial charge >= 0.3 is 6.03 Å². The highest BCUT2D eigenvalue weighted by molar-refractivity contribution is 7.99. The van der Waals surface area contributed by atoms with Crippen LogP contribution < -0.4 is 10.6 Å². The first-order chi connectivity index (χ1) is 14.0. The Labute approximate surface area is 177 Å². The van der Waals surface area contributed by atoms with Gasteiger partial charge in [0.1, 0.15) is 0 Å². The van der Waals surface area contributed by atoms with Crippen molar-refractivity contribution in [2.75, 3.05) is 12.3 Å². The second-order valence-corrected chi connectivity index (χ2v) is 7.51. The Morgan fingerprint density at radius 3 is 2.52 bits per heavy atom. The monoisotopic (exact) mass is 429 g/mol. The fourth-order valence-electron chi connectivity index (χ4n) is 2.68. The van der Waals surface area contributed by atoms with E-state index in [4.69, 9.17) is 11.6 Å². The summed E-state index contributed by atoms with van der Waals surface area (Å²) in [4.78, 5) is 23.6. The van der Waals surface area contributed by atoms with Crippen LogP contribution in [-0.4, -0.2) is 39.0 Å². The van der Waals surface area contributed by atoms with Gasteiger partial charge in [-0.15, -0.1) is 10.2 Å². The van der Waals surface area contributed by atoms with Crippen LogP contribution >= 0.6 is 23.4 Å². The third kappa shape index (κ3) is 5.16. The molecule has 0 atom stereocenters. The molecule has 1 aromatic heterocycles. The molecule has 3 rings (SSSR count). The molecule has 7 nitrogen and oxygen atoms in total. The Morgan fingerprint density at radius 1 is 1.10 bits per heavy atom. The van der Waals surface area contributed by atoms with E-state index in [1.807, 2.05) is 47.9 Å². The van der Waals surface area contributed by atoms with Crippen LogP contribution in [0.25, 0.3) is 17.1 Å². The Bertz CT molecular complexity index is 1020. The number of hydrogen-bond donors (Lipinski definition) is 2. The molecule has 0 aliphatic carbocycles. The number of amides is 3. The average Bonchev–Trinajstić information content (AvgIpc) is 3.11. The molecule has 2 N–H and O–H groups in total. The van der Waals surface area contributed by atoms with E-state index in [1.54, 1.807) is 19.1 Å². The molecule has 0 aliphatic rings. The molecule has 0 saturated carbocycles. The van der Waals surface area contributed by atoms with Gasteiger partial charge in [0.05, 0.1) is 11.4 Å². The zero-order chi connectivity index (χ0) is 20.8. The van der Waals surface area contributed by atoms with Gasteiger partial charge in [-0.05, 0) is 49.7 Å². The second-order valence-electron chi connectivity index (χ2n) is 6.13. The van der Waals surface area contributed by atoms with E-state index in [0.29, 0.717) is 22.5 Å². The molecule has 29 heavy (non-hydrogen) atoms. The van der Waals surface area contributed by atoms with Crippen LogP contribution in [0.1, 0.15) is 12.5 Å². The van der Waals surface area contributed by atoms with Gasteiger partial charge in [-0.3, -0.25) is 14.7 Å². The number of rotatable bonds is 6. The number of carbonyl (C=O) groups is 2. The number of nitrogens with one attached hydrogen (secondary N) is 2. The molecular formula is C20H20ClN5O2S. The first-order valence-electron chi connectivity index (χ1n) is 8.97. The van der Waals surface area contributed by atoms with Crippen molar-refractivity contribution in [1.29, 1.82) is 0 Å². The Morgan fingerprint density at radius 2 is 1.83 bits per heavy atom. The minimum absolute atomic E-state index is 0.0295. The molecular weight excluding hydrogens is 410 g/mol. The molecule has 9 heteroatoms. The molecule has 0 fully saturated rings. The summed E-state index contributed by atoms with van der Waals surface area (Å²) in [5.41, 5.74) is 2.80. The van der Waals surface area contributed by atoms with E-state index in [-0.39, 0.29) is 5.75 Å². The Kier molecular flexibility index (Phi) is 6.90.